The maximum absolute atomic E-state index is 11.9. The number of rotatable bonds is 5. The lowest BCUT2D eigenvalue weighted by molar-refractivity contribution is 0.0526. The van der Waals surface area contributed by atoms with E-state index in [-0.39, 0.29) is 5.97 Å². The van der Waals surface area contributed by atoms with Crippen LogP contribution in [-0.2, 0) is 4.74 Å². The van der Waals surface area contributed by atoms with Gasteiger partial charge in [0.15, 0.2) is 0 Å². The number of nitrogens with zero attached hydrogens (tertiary/aromatic N) is 1. The van der Waals surface area contributed by atoms with Crippen molar-refractivity contribution in [2.75, 3.05) is 6.61 Å². The lowest BCUT2D eigenvalue weighted by Crippen LogP contribution is -2.04. The number of aromatic nitrogens is 2. The number of nitrogens with one attached hydrogen (secondary N) is 1. The van der Waals surface area contributed by atoms with Gasteiger partial charge in [-0.1, -0.05) is 23.7 Å². The van der Waals surface area contributed by atoms with Gasteiger partial charge in [-0.25, -0.2) is 9.78 Å². The summed E-state index contributed by atoms with van der Waals surface area (Å²) in [7, 11) is 0. The van der Waals surface area contributed by atoms with Crippen molar-refractivity contribution in [1.82, 2.24) is 9.97 Å². The Balaban J connectivity index is 1.57. The van der Waals surface area contributed by atoms with Gasteiger partial charge >= 0.3 is 5.97 Å². The quantitative estimate of drug-likeness (QED) is 0.432. The minimum absolute atomic E-state index is 0.341. The Labute approximate surface area is 166 Å². The maximum atomic E-state index is 11.9. The first kappa shape index (κ1) is 18.1. The number of carbonyl (C=O) groups is 1. The van der Waals surface area contributed by atoms with E-state index in [4.69, 9.17) is 21.1 Å². The summed E-state index contributed by atoms with van der Waals surface area (Å²) in [6.45, 7) is 2.12. The molecule has 0 amide bonds. The molecule has 0 radical (unpaired) electrons. The van der Waals surface area contributed by atoms with Crippen LogP contribution in [0.1, 0.15) is 17.3 Å². The zero-order valence-electron chi connectivity index (χ0n) is 15.1. The van der Waals surface area contributed by atoms with Crippen LogP contribution in [0.2, 0.25) is 5.02 Å². The standard InChI is InChI=1S/C22H17ClN2O3/c1-2-27-22(26)15-9-12-18-19(13-15)25-21(24-18)14-7-10-16(11-8-14)28-20-6-4-3-5-17(20)23/h3-13H,2H2,1H3,(H,24,25). The molecule has 0 atom stereocenters. The molecule has 1 N–H and O–H groups in total. The predicted molar refractivity (Wildman–Crippen MR) is 109 cm³/mol. The Bertz CT molecular complexity index is 1140. The van der Waals surface area contributed by atoms with E-state index in [0.717, 1.165) is 16.6 Å². The smallest absolute Gasteiger partial charge is 0.338 e. The second-order valence-electron chi connectivity index (χ2n) is 6.09. The van der Waals surface area contributed by atoms with Gasteiger partial charge < -0.3 is 14.5 Å². The third-order valence-corrected chi connectivity index (χ3v) is 4.50. The van der Waals surface area contributed by atoms with Gasteiger partial charge in [0.05, 0.1) is 28.2 Å². The molecule has 0 aliphatic rings. The lowest BCUT2D eigenvalue weighted by Gasteiger charge is -2.07. The number of carbonyl (C=O) groups excluding carboxylic acids is 1. The molecule has 4 rings (SSSR count). The first-order chi connectivity index (χ1) is 13.6. The SMILES string of the molecule is CCOC(=O)c1ccc2nc(-c3ccc(Oc4ccccc4Cl)cc3)[nH]c2c1. The van der Waals surface area contributed by atoms with Crippen molar-refractivity contribution in [1.29, 1.82) is 0 Å². The van der Waals surface area contributed by atoms with Crippen LogP contribution in [0.25, 0.3) is 22.4 Å². The molecular weight excluding hydrogens is 376 g/mol. The van der Waals surface area contributed by atoms with Gasteiger partial charge in [-0.15, -0.1) is 0 Å². The number of benzene rings is 3. The fraction of sp³-hybridized carbons (Fsp3) is 0.0909. The van der Waals surface area contributed by atoms with E-state index in [9.17, 15) is 4.79 Å². The summed E-state index contributed by atoms with van der Waals surface area (Å²) in [6, 6.07) is 20.1. The van der Waals surface area contributed by atoms with Gasteiger partial charge in [-0.3, -0.25) is 0 Å². The number of esters is 1. The number of para-hydroxylation sites is 1. The van der Waals surface area contributed by atoms with Gasteiger partial charge in [0.25, 0.3) is 0 Å². The topological polar surface area (TPSA) is 64.2 Å². The van der Waals surface area contributed by atoms with Crippen LogP contribution in [0, 0.1) is 0 Å². The van der Waals surface area contributed by atoms with Gasteiger partial charge in [0.1, 0.15) is 17.3 Å². The monoisotopic (exact) mass is 392 g/mol. The van der Waals surface area contributed by atoms with Crippen molar-refractivity contribution in [3.05, 3.63) is 77.3 Å². The zero-order valence-corrected chi connectivity index (χ0v) is 15.9. The van der Waals surface area contributed by atoms with Gasteiger partial charge in [0.2, 0.25) is 0 Å². The third-order valence-electron chi connectivity index (χ3n) is 4.19. The highest BCUT2D eigenvalue weighted by molar-refractivity contribution is 6.32. The van der Waals surface area contributed by atoms with E-state index < -0.39 is 0 Å². The van der Waals surface area contributed by atoms with Crippen LogP contribution in [0.3, 0.4) is 0 Å². The molecule has 0 saturated heterocycles. The van der Waals surface area contributed by atoms with Crippen molar-refractivity contribution < 1.29 is 14.3 Å². The lowest BCUT2D eigenvalue weighted by atomic mass is 10.2. The Morgan fingerprint density at radius 3 is 2.61 bits per heavy atom. The molecule has 1 heterocycles. The van der Waals surface area contributed by atoms with Crippen LogP contribution < -0.4 is 4.74 Å². The van der Waals surface area contributed by atoms with Crippen LogP contribution >= 0.6 is 11.6 Å². The summed E-state index contributed by atoms with van der Waals surface area (Å²) in [5.74, 6) is 1.65. The van der Waals surface area contributed by atoms with E-state index in [1.807, 2.05) is 42.5 Å². The predicted octanol–water partition coefficient (Wildman–Crippen LogP) is 5.85. The Morgan fingerprint density at radius 2 is 1.86 bits per heavy atom. The minimum atomic E-state index is -0.346. The third kappa shape index (κ3) is 3.70. The molecule has 0 saturated carbocycles. The highest BCUT2D eigenvalue weighted by atomic mass is 35.5. The van der Waals surface area contributed by atoms with Crippen LogP contribution in [-0.4, -0.2) is 22.5 Å². The van der Waals surface area contributed by atoms with Crippen molar-refractivity contribution in [3.8, 4) is 22.9 Å². The molecule has 140 valence electrons. The van der Waals surface area contributed by atoms with Gasteiger partial charge in [0, 0.05) is 5.56 Å². The molecule has 0 spiro atoms. The summed E-state index contributed by atoms with van der Waals surface area (Å²) < 4.78 is 10.9. The summed E-state index contributed by atoms with van der Waals surface area (Å²) in [5.41, 5.74) is 2.95. The Kier molecular flexibility index (Phi) is 5.00. The van der Waals surface area contributed by atoms with Crippen molar-refractivity contribution in [2.24, 2.45) is 0 Å². The number of H-pyrrole nitrogens is 1. The molecule has 1 aromatic heterocycles. The van der Waals surface area contributed by atoms with E-state index in [1.54, 1.807) is 31.2 Å². The summed E-state index contributed by atoms with van der Waals surface area (Å²) in [4.78, 5) is 19.7. The van der Waals surface area contributed by atoms with Crippen molar-refractivity contribution >= 4 is 28.6 Å². The van der Waals surface area contributed by atoms with Crippen molar-refractivity contribution in [3.63, 3.8) is 0 Å². The number of fused-ring (bicyclic) bond motifs is 1. The normalized spacial score (nSPS) is 10.8. The number of hydrogen-bond acceptors (Lipinski definition) is 4. The molecule has 0 aliphatic heterocycles. The second kappa shape index (κ2) is 7.74. The molecule has 0 unspecified atom stereocenters. The van der Waals surface area contributed by atoms with E-state index in [2.05, 4.69) is 9.97 Å². The average Bonchev–Trinajstić information content (AvgIpc) is 3.14. The van der Waals surface area contributed by atoms with Crippen LogP contribution in [0.5, 0.6) is 11.5 Å². The van der Waals surface area contributed by atoms with Crippen LogP contribution in [0.4, 0.5) is 0 Å². The highest BCUT2D eigenvalue weighted by Gasteiger charge is 2.11. The molecule has 4 aromatic rings. The number of halogens is 1. The number of aromatic amines is 1. The number of imidazole rings is 1. The zero-order chi connectivity index (χ0) is 19.5. The number of hydrogen-bond donors (Lipinski definition) is 1. The Hall–Kier alpha value is -3.31. The van der Waals surface area contributed by atoms with E-state index in [0.29, 0.717) is 34.5 Å². The summed E-state index contributed by atoms with van der Waals surface area (Å²) in [6.07, 6.45) is 0. The van der Waals surface area contributed by atoms with E-state index >= 15 is 0 Å². The largest absolute Gasteiger partial charge is 0.462 e. The summed E-state index contributed by atoms with van der Waals surface area (Å²) >= 11 is 6.13. The first-order valence-electron chi connectivity index (χ1n) is 8.84. The molecule has 6 heteroatoms. The highest BCUT2D eigenvalue weighted by Crippen LogP contribution is 2.30. The number of ether oxygens (including phenoxy) is 2. The van der Waals surface area contributed by atoms with Gasteiger partial charge in [-0.05, 0) is 61.5 Å². The fourth-order valence-electron chi connectivity index (χ4n) is 2.82. The minimum Gasteiger partial charge on any atom is -0.462 e. The molecule has 3 aromatic carbocycles. The van der Waals surface area contributed by atoms with E-state index in [1.165, 1.54) is 0 Å². The summed E-state index contributed by atoms with van der Waals surface area (Å²) in [5, 5.41) is 0.557. The molecular formula is C22H17ClN2O3. The first-order valence-corrected chi connectivity index (χ1v) is 9.21. The fourth-order valence-corrected chi connectivity index (χ4v) is 3.00. The Morgan fingerprint density at radius 1 is 1.07 bits per heavy atom. The van der Waals surface area contributed by atoms with Crippen molar-refractivity contribution in [2.45, 2.75) is 6.92 Å². The molecule has 5 nitrogen and oxygen atoms in total. The molecule has 0 fully saturated rings. The molecule has 0 aliphatic carbocycles. The van der Waals surface area contributed by atoms with Crippen LogP contribution in [0.15, 0.2) is 66.7 Å². The molecule has 28 heavy (non-hydrogen) atoms. The second-order valence-corrected chi connectivity index (χ2v) is 6.50. The maximum Gasteiger partial charge on any atom is 0.338 e. The average molecular weight is 393 g/mol. The van der Waals surface area contributed by atoms with Gasteiger partial charge in [-0.2, -0.15) is 0 Å². The molecule has 0 bridgehead atoms.